The van der Waals surface area contributed by atoms with E-state index in [-0.39, 0.29) is 16.8 Å². The highest BCUT2D eigenvalue weighted by molar-refractivity contribution is 5.90. The van der Waals surface area contributed by atoms with Gasteiger partial charge >= 0.3 is 5.97 Å². The summed E-state index contributed by atoms with van der Waals surface area (Å²) in [6.45, 7) is 15.6. The molecule has 0 amide bonds. The van der Waals surface area contributed by atoms with Crippen LogP contribution in [0.4, 0.5) is 0 Å². The molecule has 0 spiro atoms. The van der Waals surface area contributed by atoms with Crippen molar-refractivity contribution in [1.82, 2.24) is 0 Å². The molecule has 250 valence electrons. The molecule has 2 nitrogen and oxygen atoms in total. The lowest BCUT2D eigenvalue weighted by molar-refractivity contribution is -0.137. The summed E-state index contributed by atoms with van der Waals surface area (Å²) >= 11 is 0. The van der Waals surface area contributed by atoms with Gasteiger partial charge in [-0.25, -0.2) is 4.79 Å². The fraction of sp³-hybridized carbons (Fsp3) is 0.271. The van der Waals surface area contributed by atoms with Crippen LogP contribution in [0.25, 0.3) is 27.8 Å². The van der Waals surface area contributed by atoms with Crippen LogP contribution in [0.15, 0.2) is 150 Å². The zero-order chi connectivity index (χ0) is 34.8. The largest absolute Gasteiger partial charge is 0.463 e. The SMILES string of the molecule is C=CC(=O)OCCCCc1ccc(-c2ccc3c(c2)C(C)(C)c2cc(C4=CC=C5C=CC6=CC(C(C)(C)C)=CC7=CC=C4C5C76)ccc2-3)cc1. The lowest BCUT2D eigenvalue weighted by atomic mass is 9.61. The first-order valence-electron chi connectivity index (χ1n) is 18.2. The van der Waals surface area contributed by atoms with Crippen molar-refractivity contribution in [1.29, 1.82) is 0 Å². The Labute approximate surface area is 297 Å². The van der Waals surface area contributed by atoms with Crippen LogP contribution >= 0.6 is 0 Å². The average molecular weight is 655 g/mol. The number of esters is 1. The van der Waals surface area contributed by atoms with Crippen LogP contribution in [0.3, 0.4) is 0 Å². The van der Waals surface area contributed by atoms with E-state index in [1.807, 2.05) is 0 Å². The van der Waals surface area contributed by atoms with Crippen LogP contribution in [-0.2, 0) is 21.4 Å². The van der Waals surface area contributed by atoms with E-state index in [0.717, 1.165) is 19.3 Å². The van der Waals surface area contributed by atoms with E-state index >= 15 is 0 Å². The molecule has 5 aliphatic carbocycles. The summed E-state index contributed by atoms with van der Waals surface area (Å²) in [6, 6.07) is 23.1. The van der Waals surface area contributed by atoms with Crippen molar-refractivity contribution in [3.63, 3.8) is 0 Å². The third kappa shape index (κ3) is 5.46. The molecule has 2 atom stereocenters. The average Bonchev–Trinajstić information content (AvgIpc) is 3.34. The minimum atomic E-state index is -0.351. The number of rotatable bonds is 8. The molecule has 0 N–H and O–H groups in total. The van der Waals surface area contributed by atoms with E-state index in [1.165, 1.54) is 84.0 Å². The second-order valence-electron chi connectivity index (χ2n) is 16.0. The molecule has 0 bridgehead atoms. The van der Waals surface area contributed by atoms with Crippen LogP contribution in [0.5, 0.6) is 0 Å². The number of allylic oxidation sites excluding steroid dienone is 14. The van der Waals surface area contributed by atoms with Crippen molar-refractivity contribution in [2.45, 2.75) is 59.3 Å². The molecular formula is C48H46O2. The zero-order valence-corrected chi connectivity index (χ0v) is 30.0. The number of unbranched alkanes of at least 4 members (excludes halogenated alkanes) is 1. The number of carbonyl (C=O) groups is 1. The van der Waals surface area contributed by atoms with Crippen molar-refractivity contribution < 1.29 is 9.53 Å². The maximum Gasteiger partial charge on any atom is 0.330 e. The summed E-state index contributed by atoms with van der Waals surface area (Å²) in [5.41, 5.74) is 19.1. The molecule has 2 heteroatoms. The Morgan fingerprint density at radius 1 is 0.760 bits per heavy atom. The van der Waals surface area contributed by atoms with Crippen LogP contribution in [0, 0.1) is 17.3 Å². The van der Waals surface area contributed by atoms with Gasteiger partial charge in [-0.3, -0.25) is 0 Å². The van der Waals surface area contributed by atoms with Crippen LogP contribution in [0.1, 0.15) is 69.7 Å². The standard InChI is InChI=1S/C48H46O2/c1-7-44(49)50-25-9-8-10-30-11-13-31(14-12-30)33-18-22-39-40-23-19-34(29-43(40)48(5,6)42(39)28-33)38-21-17-32-15-16-35-26-37(47(2,3)4)27-36-20-24-41(38)46(32)45(35)36/h7,11-24,26-29,45-46H,1,8-10,25H2,2-6H3. The van der Waals surface area contributed by atoms with Gasteiger partial charge in [-0.2, -0.15) is 0 Å². The van der Waals surface area contributed by atoms with Crippen molar-refractivity contribution in [3.05, 3.63) is 172 Å². The number of carbonyl (C=O) groups excluding carboxylic acids is 1. The lowest BCUT2D eigenvalue weighted by Crippen LogP contribution is -2.30. The van der Waals surface area contributed by atoms with Crippen molar-refractivity contribution in [3.8, 4) is 22.3 Å². The Bertz CT molecular complexity index is 2160. The predicted molar refractivity (Wildman–Crippen MR) is 208 cm³/mol. The molecule has 0 heterocycles. The van der Waals surface area contributed by atoms with Gasteiger partial charge in [-0.1, -0.05) is 138 Å². The van der Waals surface area contributed by atoms with Gasteiger partial charge in [-0.15, -0.1) is 0 Å². The molecule has 0 aliphatic heterocycles. The second kappa shape index (κ2) is 12.1. The maximum atomic E-state index is 11.3. The van der Waals surface area contributed by atoms with Gasteiger partial charge in [0.05, 0.1) is 6.61 Å². The van der Waals surface area contributed by atoms with Crippen LogP contribution in [0.2, 0.25) is 0 Å². The van der Waals surface area contributed by atoms with Crippen molar-refractivity contribution >= 4 is 11.5 Å². The third-order valence-electron chi connectivity index (χ3n) is 11.5. The second-order valence-corrected chi connectivity index (χ2v) is 16.0. The molecule has 0 saturated heterocycles. The Morgan fingerprint density at radius 2 is 1.42 bits per heavy atom. The molecule has 3 aromatic carbocycles. The molecule has 50 heavy (non-hydrogen) atoms. The highest BCUT2D eigenvalue weighted by Crippen LogP contribution is 2.55. The van der Waals surface area contributed by atoms with Crippen LogP contribution < -0.4 is 0 Å². The number of fused-ring (bicyclic) bond motifs is 3. The third-order valence-corrected chi connectivity index (χ3v) is 11.5. The molecule has 2 unspecified atom stereocenters. The molecule has 0 radical (unpaired) electrons. The van der Waals surface area contributed by atoms with Gasteiger partial charge in [0.15, 0.2) is 0 Å². The lowest BCUT2D eigenvalue weighted by Gasteiger charge is -2.42. The van der Waals surface area contributed by atoms with E-state index in [1.54, 1.807) is 0 Å². The van der Waals surface area contributed by atoms with Gasteiger partial charge in [0.25, 0.3) is 0 Å². The minimum absolute atomic E-state index is 0.114. The van der Waals surface area contributed by atoms with Crippen LogP contribution in [-0.4, -0.2) is 12.6 Å². The number of hydrogen-bond donors (Lipinski definition) is 0. The monoisotopic (exact) mass is 654 g/mol. The topological polar surface area (TPSA) is 26.3 Å². The predicted octanol–water partition coefficient (Wildman–Crippen LogP) is 11.6. The van der Waals surface area contributed by atoms with Gasteiger partial charge in [0, 0.05) is 23.3 Å². The zero-order valence-electron chi connectivity index (χ0n) is 30.0. The maximum absolute atomic E-state index is 11.3. The number of ether oxygens (including phenoxy) is 1. The Kier molecular flexibility index (Phi) is 7.83. The summed E-state index contributed by atoms with van der Waals surface area (Å²) in [5.74, 6) is 0.395. The normalized spacial score (nSPS) is 20.6. The van der Waals surface area contributed by atoms with Gasteiger partial charge in [-0.05, 0) is 115 Å². The van der Waals surface area contributed by atoms with Gasteiger partial charge in [0.2, 0.25) is 0 Å². The first kappa shape index (κ1) is 32.3. The highest BCUT2D eigenvalue weighted by atomic mass is 16.5. The minimum Gasteiger partial charge on any atom is -0.463 e. The summed E-state index contributed by atoms with van der Waals surface area (Å²) < 4.78 is 5.11. The quantitative estimate of drug-likeness (QED) is 0.137. The fourth-order valence-electron chi connectivity index (χ4n) is 8.60. The number of benzene rings is 3. The van der Waals surface area contributed by atoms with Gasteiger partial charge < -0.3 is 4.74 Å². The summed E-state index contributed by atoms with van der Waals surface area (Å²) in [5, 5.41) is 0. The summed E-state index contributed by atoms with van der Waals surface area (Å²) in [4.78, 5) is 11.3. The smallest absolute Gasteiger partial charge is 0.330 e. The van der Waals surface area contributed by atoms with Crippen molar-refractivity contribution in [2.75, 3.05) is 6.61 Å². The first-order chi connectivity index (χ1) is 24.0. The van der Waals surface area contributed by atoms with E-state index < -0.39 is 0 Å². The van der Waals surface area contributed by atoms with E-state index in [4.69, 9.17) is 4.74 Å². The van der Waals surface area contributed by atoms with Crippen molar-refractivity contribution in [2.24, 2.45) is 17.3 Å². The van der Waals surface area contributed by atoms with E-state index in [9.17, 15) is 4.79 Å². The molecule has 0 fully saturated rings. The first-order valence-corrected chi connectivity index (χ1v) is 18.2. The van der Waals surface area contributed by atoms with E-state index in [0.29, 0.717) is 18.4 Å². The Morgan fingerprint density at radius 3 is 2.14 bits per heavy atom. The molecule has 3 aromatic rings. The molecule has 0 aromatic heterocycles. The highest BCUT2D eigenvalue weighted by Gasteiger charge is 2.41. The Hall–Kier alpha value is -4.95. The van der Waals surface area contributed by atoms with E-state index in [2.05, 4.69) is 150 Å². The summed E-state index contributed by atoms with van der Waals surface area (Å²) in [7, 11) is 0. The fourth-order valence-corrected chi connectivity index (χ4v) is 8.60. The molecule has 8 rings (SSSR count). The molecule has 5 aliphatic rings. The summed E-state index contributed by atoms with van der Waals surface area (Å²) in [6.07, 6.45) is 23.1. The number of aryl methyl sites for hydroxylation is 1. The Balaban J connectivity index is 1.05. The molecule has 0 saturated carbocycles. The van der Waals surface area contributed by atoms with Gasteiger partial charge in [0.1, 0.15) is 0 Å². The molecular weight excluding hydrogens is 609 g/mol. The number of hydrogen-bond acceptors (Lipinski definition) is 2.